The van der Waals surface area contributed by atoms with Crippen molar-refractivity contribution in [2.75, 3.05) is 7.11 Å². The Morgan fingerprint density at radius 3 is 2.69 bits per heavy atom. The Kier molecular flexibility index (Phi) is 4.22. The van der Waals surface area contributed by atoms with E-state index in [0.717, 1.165) is 0 Å². The summed E-state index contributed by atoms with van der Waals surface area (Å²) in [7, 11) is 1.48. The third-order valence-electron chi connectivity index (χ3n) is 2.20. The molecule has 0 aliphatic carbocycles. The van der Waals surface area contributed by atoms with E-state index in [1.807, 2.05) is 13.8 Å². The molecule has 0 amide bonds. The van der Waals surface area contributed by atoms with Crippen LogP contribution in [0.5, 0.6) is 5.88 Å². The molecule has 0 radical (unpaired) electrons. The number of hydrogen-bond acceptors (Lipinski definition) is 4. The first-order chi connectivity index (χ1) is 7.54. The molecular formula is C11H16N2O3. The zero-order chi connectivity index (χ0) is 12.1. The lowest BCUT2D eigenvalue weighted by molar-refractivity contribution is -0.139. The third-order valence-corrected chi connectivity index (χ3v) is 2.20. The highest BCUT2D eigenvalue weighted by Crippen LogP contribution is 2.23. The zero-order valence-corrected chi connectivity index (χ0v) is 9.67. The molecule has 16 heavy (non-hydrogen) atoms. The molecule has 1 N–H and O–H groups in total. The lowest BCUT2D eigenvalue weighted by Gasteiger charge is -2.14. The summed E-state index contributed by atoms with van der Waals surface area (Å²) in [6, 6.07) is 0. The van der Waals surface area contributed by atoms with Gasteiger partial charge in [-0.05, 0) is 12.3 Å². The molecule has 1 aromatic heterocycles. The molecule has 0 saturated carbocycles. The molecule has 0 aliphatic heterocycles. The molecule has 5 heteroatoms. The number of aromatic nitrogens is 2. The topological polar surface area (TPSA) is 72.3 Å². The molecule has 0 aromatic carbocycles. The van der Waals surface area contributed by atoms with Crippen LogP contribution in [-0.2, 0) is 4.79 Å². The van der Waals surface area contributed by atoms with Crippen LogP contribution in [0.2, 0.25) is 0 Å². The van der Waals surface area contributed by atoms with Crippen LogP contribution in [0, 0.1) is 5.92 Å². The van der Waals surface area contributed by atoms with E-state index in [1.165, 1.54) is 19.5 Å². The van der Waals surface area contributed by atoms with E-state index in [2.05, 4.69) is 9.97 Å². The number of nitrogens with zero attached hydrogens (tertiary/aromatic N) is 2. The fraction of sp³-hybridized carbons (Fsp3) is 0.545. The van der Waals surface area contributed by atoms with Crippen molar-refractivity contribution in [1.82, 2.24) is 9.97 Å². The van der Waals surface area contributed by atoms with Gasteiger partial charge in [-0.15, -0.1) is 0 Å². The highest BCUT2D eigenvalue weighted by Gasteiger charge is 2.23. The molecule has 1 atom stereocenters. The largest absolute Gasteiger partial charge is 0.481 e. The molecule has 1 heterocycles. The fourth-order valence-corrected chi connectivity index (χ4v) is 1.45. The molecule has 0 saturated heterocycles. The minimum atomic E-state index is -0.878. The van der Waals surface area contributed by atoms with Crippen LogP contribution in [-0.4, -0.2) is 28.2 Å². The number of methoxy groups -OCH3 is 1. The first kappa shape index (κ1) is 12.4. The van der Waals surface area contributed by atoms with E-state index in [9.17, 15) is 4.79 Å². The van der Waals surface area contributed by atoms with Crippen molar-refractivity contribution in [3.05, 3.63) is 18.1 Å². The Balaban J connectivity index is 2.96. The summed E-state index contributed by atoms with van der Waals surface area (Å²) >= 11 is 0. The molecule has 0 bridgehead atoms. The Morgan fingerprint density at radius 1 is 1.50 bits per heavy atom. The van der Waals surface area contributed by atoms with Gasteiger partial charge in [-0.1, -0.05) is 13.8 Å². The Bertz CT molecular complexity index is 366. The maximum atomic E-state index is 11.1. The second-order valence-electron chi connectivity index (χ2n) is 4.01. The van der Waals surface area contributed by atoms with Gasteiger partial charge in [0.15, 0.2) is 0 Å². The average molecular weight is 224 g/mol. The van der Waals surface area contributed by atoms with E-state index in [0.29, 0.717) is 18.0 Å². The van der Waals surface area contributed by atoms with Crippen LogP contribution in [0.25, 0.3) is 0 Å². The predicted octanol–water partition coefficient (Wildman–Crippen LogP) is 1.70. The van der Waals surface area contributed by atoms with Gasteiger partial charge in [-0.2, -0.15) is 0 Å². The quantitative estimate of drug-likeness (QED) is 0.824. The van der Waals surface area contributed by atoms with Crippen molar-refractivity contribution in [2.45, 2.75) is 26.2 Å². The van der Waals surface area contributed by atoms with E-state index < -0.39 is 11.9 Å². The number of ether oxygens (including phenoxy) is 1. The van der Waals surface area contributed by atoms with E-state index in [-0.39, 0.29) is 5.92 Å². The lowest BCUT2D eigenvalue weighted by atomic mass is 9.94. The predicted molar refractivity (Wildman–Crippen MR) is 58.4 cm³/mol. The summed E-state index contributed by atoms with van der Waals surface area (Å²) in [5, 5.41) is 9.13. The highest BCUT2D eigenvalue weighted by molar-refractivity contribution is 5.75. The molecule has 5 nitrogen and oxygen atoms in total. The second-order valence-corrected chi connectivity index (χ2v) is 4.01. The summed E-state index contributed by atoms with van der Waals surface area (Å²) in [6.45, 7) is 3.95. The molecule has 1 rings (SSSR count). The summed E-state index contributed by atoms with van der Waals surface area (Å²) in [5.74, 6) is -0.875. The molecule has 1 unspecified atom stereocenters. The second kappa shape index (κ2) is 5.44. The van der Waals surface area contributed by atoms with Crippen LogP contribution in [0.15, 0.2) is 12.4 Å². The molecule has 0 aliphatic rings. The first-order valence-electron chi connectivity index (χ1n) is 5.13. The van der Waals surface area contributed by atoms with Crippen molar-refractivity contribution >= 4 is 5.97 Å². The van der Waals surface area contributed by atoms with Gasteiger partial charge in [0.25, 0.3) is 0 Å². The number of rotatable bonds is 5. The molecule has 0 fully saturated rings. The maximum Gasteiger partial charge on any atom is 0.312 e. The lowest BCUT2D eigenvalue weighted by Crippen LogP contribution is -2.16. The number of hydrogen-bond donors (Lipinski definition) is 1. The van der Waals surface area contributed by atoms with Gasteiger partial charge in [0.05, 0.1) is 19.0 Å². The van der Waals surface area contributed by atoms with E-state index in [4.69, 9.17) is 9.84 Å². The van der Waals surface area contributed by atoms with Gasteiger partial charge >= 0.3 is 5.97 Å². The van der Waals surface area contributed by atoms with Crippen molar-refractivity contribution in [2.24, 2.45) is 5.92 Å². The Labute approximate surface area is 94.5 Å². The molecule has 88 valence electrons. The van der Waals surface area contributed by atoms with Crippen LogP contribution >= 0.6 is 0 Å². The number of carboxylic acid groups (broad SMARTS) is 1. The highest BCUT2D eigenvalue weighted by atomic mass is 16.5. The van der Waals surface area contributed by atoms with Gasteiger partial charge in [-0.3, -0.25) is 9.78 Å². The standard InChI is InChI=1S/C11H16N2O3/c1-7(2)4-8(11(14)15)9-5-12-6-10(13-9)16-3/h5-8H,4H2,1-3H3,(H,14,15). The van der Waals surface area contributed by atoms with Crippen molar-refractivity contribution in [3.8, 4) is 5.88 Å². The zero-order valence-electron chi connectivity index (χ0n) is 9.67. The molecule has 1 aromatic rings. The van der Waals surface area contributed by atoms with Gasteiger partial charge in [0.1, 0.15) is 5.92 Å². The Hall–Kier alpha value is -1.65. The van der Waals surface area contributed by atoms with Crippen molar-refractivity contribution in [1.29, 1.82) is 0 Å². The first-order valence-corrected chi connectivity index (χ1v) is 5.13. The van der Waals surface area contributed by atoms with E-state index >= 15 is 0 Å². The van der Waals surface area contributed by atoms with Gasteiger partial charge < -0.3 is 9.84 Å². The van der Waals surface area contributed by atoms with Gasteiger partial charge in [0, 0.05) is 6.20 Å². The van der Waals surface area contributed by atoms with E-state index in [1.54, 1.807) is 0 Å². The number of aliphatic carboxylic acids is 1. The summed E-state index contributed by atoms with van der Waals surface area (Å²) < 4.78 is 4.92. The number of carboxylic acids is 1. The minimum absolute atomic E-state index is 0.286. The van der Waals surface area contributed by atoms with Crippen LogP contribution < -0.4 is 4.74 Å². The van der Waals surface area contributed by atoms with Crippen LogP contribution in [0.4, 0.5) is 0 Å². The Morgan fingerprint density at radius 2 is 2.19 bits per heavy atom. The fourth-order valence-electron chi connectivity index (χ4n) is 1.45. The number of carbonyl (C=O) groups is 1. The summed E-state index contributed by atoms with van der Waals surface area (Å²) in [5.41, 5.74) is 0.445. The third kappa shape index (κ3) is 3.18. The average Bonchev–Trinajstić information content (AvgIpc) is 2.25. The van der Waals surface area contributed by atoms with Crippen LogP contribution in [0.3, 0.4) is 0 Å². The van der Waals surface area contributed by atoms with Gasteiger partial charge in [0.2, 0.25) is 5.88 Å². The van der Waals surface area contributed by atoms with Crippen LogP contribution in [0.1, 0.15) is 31.9 Å². The van der Waals surface area contributed by atoms with Gasteiger partial charge in [-0.25, -0.2) is 4.98 Å². The smallest absolute Gasteiger partial charge is 0.312 e. The monoisotopic (exact) mass is 224 g/mol. The summed E-state index contributed by atoms with van der Waals surface area (Å²) in [6.07, 6.45) is 3.47. The molecular weight excluding hydrogens is 208 g/mol. The normalized spacial score (nSPS) is 12.5. The van der Waals surface area contributed by atoms with Crippen molar-refractivity contribution < 1.29 is 14.6 Å². The SMILES string of the molecule is COc1cncc(C(CC(C)C)C(=O)O)n1. The minimum Gasteiger partial charge on any atom is -0.481 e. The molecule has 0 spiro atoms. The van der Waals surface area contributed by atoms with Crippen molar-refractivity contribution in [3.63, 3.8) is 0 Å². The maximum absolute atomic E-state index is 11.1. The summed E-state index contributed by atoms with van der Waals surface area (Å²) in [4.78, 5) is 19.1.